The summed E-state index contributed by atoms with van der Waals surface area (Å²) in [6.45, 7) is 4.98. The molecular formula is C18H25FN2O2. The van der Waals surface area contributed by atoms with E-state index >= 15 is 0 Å². The molecule has 1 fully saturated rings. The van der Waals surface area contributed by atoms with E-state index in [0.29, 0.717) is 5.92 Å². The monoisotopic (exact) mass is 320 g/mol. The molecule has 2 amide bonds. The van der Waals surface area contributed by atoms with Gasteiger partial charge in [0.2, 0.25) is 0 Å². The first kappa shape index (κ1) is 16.2. The standard InChI is InChI=1S/C18H25FN2O2/c1-2-23-12-13-8-9-21(11-13)18(22)20-17-5-3-4-14-10-15(19)6-7-16(14)17/h6-7,10,13,17H,2-5,8-9,11-12H2,1H3,(H,20,22)/t13-,17-/m0/s1. The maximum Gasteiger partial charge on any atom is 0.317 e. The van der Waals surface area contributed by atoms with Crippen molar-refractivity contribution in [3.05, 3.63) is 35.1 Å². The summed E-state index contributed by atoms with van der Waals surface area (Å²) in [6, 6.07) is 4.89. The van der Waals surface area contributed by atoms with Crippen molar-refractivity contribution in [2.24, 2.45) is 5.92 Å². The molecule has 2 aliphatic rings. The Labute approximate surface area is 137 Å². The highest BCUT2D eigenvalue weighted by Crippen LogP contribution is 2.30. The number of ether oxygens (including phenoxy) is 1. The lowest BCUT2D eigenvalue weighted by molar-refractivity contribution is 0.113. The molecule has 126 valence electrons. The second kappa shape index (κ2) is 7.30. The third-order valence-corrected chi connectivity index (χ3v) is 4.85. The van der Waals surface area contributed by atoms with Crippen molar-refractivity contribution >= 4 is 6.03 Å². The fourth-order valence-electron chi connectivity index (χ4n) is 3.61. The highest BCUT2D eigenvalue weighted by Gasteiger charge is 2.29. The van der Waals surface area contributed by atoms with Crippen molar-refractivity contribution in [2.75, 3.05) is 26.3 Å². The molecule has 1 aromatic carbocycles. The lowest BCUT2D eigenvalue weighted by Gasteiger charge is -2.28. The van der Waals surface area contributed by atoms with E-state index in [2.05, 4.69) is 5.32 Å². The number of fused-ring (bicyclic) bond motifs is 1. The summed E-state index contributed by atoms with van der Waals surface area (Å²) in [4.78, 5) is 14.4. The molecule has 1 aliphatic heterocycles. The number of aryl methyl sites for hydroxylation is 1. The maximum atomic E-state index is 13.4. The molecule has 5 heteroatoms. The van der Waals surface area contributed by atoms with Crippen LogP contribution in [-0.4, -0.2) is 37.2 Å². The molecule has 1 heterocycles. The molecule has 1 saturated heterocycles. The summed E-state index contributed by atoms with van der Waals surface area (Å²) < 4.78 is 18.8. The van der Waals surface area contributed by atoms with Crippen LogP contribution in [0.3, 0.4) is 0 Å². The number of benzene rings is 1. The van der Waals surface area contributed by atoms with Crippen molar-refractivity contribution < 1.29 is 13.9 Å². The first-order valence-corrected chi connectivity index (χ1v) is 8.59. The molecule has 1 aromatic rings. The minimum absolute atomic E-state index is 0.00204. The number of nitrogens with zero attached hydrogens (tertiary/aromatic N) is 1. The quantitative estimate of drug-likeness (QED) is 0.925. The lowest BCUT2D eigenvalue weighted by Crippen LogP contribution is -2.41. The number of hydrogen-bond donors (Lipinski definition) is 1. The van der Waals surface area contributed by atoms with Gasteiger partial charge in [-0.25, -0.2) is 9.18 Å². The molecule has 1 aliphatic carbocycles. The number of carbonyl (C=O) groups is 1. The molecule has 0 saturated carbocycles. The third kappa shape index (κ3) is 3.83. The molecule has 3 rings (SSSR count). The average Bonchev–Trinajstić information content (AvgIpc) is 3.02. The summed E-state index contributed by atoms with van der Waals surface area (Å²) >= 11 is 0. The van der Waals surface area contributed by atoms with Gasteiger partial charge in [0, 0.05) is 25.6 Å². The van der Waals surface area contributed by atoms with E-state index < -0.39 is 0 Å². The average molecular weight is 320 g/mol. The number of halogens is 1. The number of carbonyl (C=O) groups excluding carboxylic acids is 1. The van der Waals surface area contributed by atoms with Crippen LogP contribution in [0.2, 0.25) is 0 Å². The minimum atomic E-state index is -0.200. The Morgan fingerprint density at radius 3 is 3.13 bits per heavy atom. The van der Waals surface area contributed by atoms with Crippen LogP contribution in [0.5, 0.6) is 0 Å². The Morgan fingerprint density at radius 2 is 2.30 bits per heavy atom. The topological polar surface area (TPSA) is 41.6 Å². The van der Waals surface area contributed by atoms with Gasteiger partial charge < -0.3 is 15.0 Å². The first-order chi connectivity index (χ1) is 11.2. The molecule has 0 spiro atoms. The van der Waals surface area contributed by atoms with Gasteiger partial charge >= 0.3 is 6.03 Å². The molecule has 0 aromatic heterocycles. The van der Waals surface area contributed by atoms with E-state index in [1.54, 1.807) is 6.07 Å². The maximum absolute atomic E-state index is 13.4. The van der Waals surface area contributed by atoms with E-state index in [4.69, 9.17) is 4.74 Å². The summed E-state index contributed by atoms with van der Waals surface area (Å²) in [6.07, 6.45) is 3.79. The summed E-state index contributed by atoms with van der Waals surface area (Å²) in [5, 5.41) is 3.14. The van der Waals surface area contributed by atoms with Crippen molar-refractivity contribution in [3.8, 4) is 0 Å². The molecular weight excluding hydrogens is 295 g/mol. The molecule has 0 radical (unpaired) electrons. The van der Waals surface area contributed by atoms with E-state index in [1.807, 2.05) is 17.9 Å². The molecule has 0 unspecified atom stereocenters. The minimum Gasteiger partial charge on any atom is -0.381 e. The zero-order chi connectivity index (χ0) is 16.2. The molecule has 23 heavy (non-hydrogen) atoms. The highest BCUT2D eigenvalue weighted by atomic mass is 19.1. The second-order valence-electron chi connectivity index (χ2n) is 6.50. The van der Waals surface area contributed by atoms with E-state index in [-0.39, 0.29) is 17.9 Å². The van der Waals surface area contributed by atoms with Crippen LogP contribution >= 0.6 is 0 Å². The van der Waals surface area contributed by atoms with Gasteiger partial charge in [-0.2, -0.15) is 0 Å². The van der Waals surface area contributed by atoms with Gasteiger partial charge in [-0.15, -0.1) is 0 Å². The highest BCUT2D eigenvalue weighted by molar-refractivity contribution is 5.75. The van der Waals surface area contributed by atoms with Crippen molar-refractivity contribution in [1.29, 1.82) is 0 Å². The predicted octanol–water partition coefficient (Wildman–Crippen LogP) is 3.27. The molecule has 0 bridgehead atoms. The first-order valence-electron chi connectivity index (χ1n) is 8.59. The van der Waals surface area contributed by atoms with Gasteiger partial charge in [0.15, 0.2) is 0 Å². The van der Waals surface area contributed by atoms with E-state index in [1.165, 1.54) is 6.07 Å². The Morgan fingerprint density at radius 1 is 1.43 bits per heavy atom. The fraction of sp³-hybridized carbons (Fsp3) is 0.611. The lowest BCUT2D eigenvalue weighted by atomic mass is 9.87. The van der Waals surface area contributed by atoms with Gasteiger partial charge in [0.25, 0.3) is 0 Å². The fourth-order valence-corrected chi connectivity index (χ4v) is 3.61. The van der Waals surface area contributed by atoms with Crippen LogP contribution < -0.4 is 5.32 Å². The van der Waals surface area contributed by atoms with E-state index in [9.17, 15) is 9.18 Å². The summed E-state index contributed by atoms with van der Waals surface area (Å²) in [5.74, 6) is 0.238. The zero-order valence-corrected chi connectivity index (χ0v) is 13.7. The molecule has 2 atom stereocenters. The van der Waals surface area contributed by atoms with Crippen molar-refractivity contribution in [3.63, 3.8) is 0 Å². The van der Waals surface area contributed by atoms with E-state index in [0.717, 1.165) is 63.1 Å². The largest absolute Gasteiger partial charge is 0.381 e. The van der Waals surface area contributed by atoms with Gasteiger partial charge in [0.1, 0.15) is 5.82 Å². The Balaban J connectivity index is 1.59. The Kier molecular flexibility index (Phi) is 5.16. The van der Waals surface area contributed by atoms with Crippen LogP contribution in [0, 0.1) is 11.7 Å². The second-order valence-corrected chi connectivity index (χ2v) is 6.50. The predicted molar refractivity (Wildman–Crippen MR) is 86.8 cm³/mol. The van der Waals surface area contributed by atoms with Crippen LogP contribution in [-0.2, 0) is 11.2 Å². The Bertz CT molecular complexity index is 564. The number of urea groups is 1. The van der Waals surface area contributed by atoms with Gasteiger partial charge in [-0.1, -0.05) is 6.07 Å². The number of rotatable bonds is 4. The number of hydrogen-bond acceptors (Lipinski definition) is 2. The number of nitrogens with one attached hydrogen (secondary N) is 1. The number of likely N-dealkylation sites (tertiary alicyclic amines) is 1. The number of amides is 2. The summed E-state index contributed by atoms with van der Waals surface area (Å²) in [7, 11) is 0. The van der Waals surface area contributed by atoms with Crippen LogP contribution in [0.15, 0.2) is 18.2 Å². The van der Waals surface area contributed by atoms with Crippen LogP contribution in [0.1, 0.15) is 43.4 Å². The third-order valence-electron chi connectivity index (χ3n) is 4.85. The molecule has 1 N–H and O–H groups in total. The smallest absolute Gasteiger partial charge is 0.317 e. The van der Waals surface area contributed by atoms with Crippen molar-refractivity contribution in [1.82, 2.24) is 10.2 Å². The van der Waals surface area contributed by atoms with Gasteiger partial charge in [-0.05, 0) is 55.9 Å². The molecule has 4 nitrogen and oxygen atoms in total. The SMILES string of the molecule is CCOC[C@H]1CCN(C(=O)N[C@H]2CCCc3cc(F)ccc32)C1. The van der Waals surface area contributed by atoms with Crippen LogP contribution in [0.4, 0.5) is 9.18 Å². The van der Waals surface area contributed by atoms with Crippen molar-refractivity contribution in [2.45, 2.75) is 38.6 Å². The van der Waals surface area contributed by atoms with Gasteiger partial charge in [0.05, 0.1) is 12.6 Å². The summed E-state index contributed by atoms with van der Waals surface area (Å²) in [5.41, 5.74) is 2.09. The van der Waals surface area contributed by atoms with Gasteiger partial charge in [-0.3, -0.25) is 0 Å². The van der Waals surface area contributed by atoms with Crippen LogP contribution in [0.25, 0.3) is 0 Å². The normalized spacial score (nSPS) is 23.7. The zero-order valence-electron chi connectivity index (χ0n) is 13.7. The Hall–Kier alpha value is -1.62.